The van der Waals surface area contributed by atoms with Crippen LogP contribution in [0, 0.1) is 0 Å². The van der Waals surface area contributed by atoms with Gasteiger partial charge in [-0.3, -0.25) is 19.0 Å². The topological polar surface area (TPSA) is 81.9 Å². The van der Waals surface area contributed by atoms with Gasteiger partial charge in [-0.05, 0) is 61.4 Å². The maximum Gasteiger partial charge on any atom is 0.263 e. The van der Waals surface area contributed by atoms with Crippen molar-refractivity contribution in [3.63, 3.8) is 0 Å². The molecule has 0 bridgehead atoms. The Balaban J connectivity index is 1.25. The summed E-state index contributed by atoms with van der Waals surface area (Å²) >= 11 is 0. The summed E-state index contributed by atoms with van der Waals surface area (Å²) in [5.41, 5.74) is 3.40. The highest BCUT2D eigenvalue weighted by Crippen LogP contribution is 2.34. The van der Waals surface area contributed by atoms with Crippen molar-refractivity contribution in [1.82, 2.24) is 14.7 Å². The second-order valence-corrected chi connectivity index (χ2v) is 9.07. The molecule has 0 aliphatic heterocycles. The molecule has 7 heteroatoms. The summed E-state index contributed by atoms with van der Waals surface area (Å²) in [6, 6.07) is 22.8. The lowest BCUT2D eigenvalue weighted by atomic mass is 10.1. The lowest BCUT2D eigenvalue weighted by Crippen LogP contribution is -2.37. The third kappa shape index (κ3) is 3.89. The molecule has 0 saturated heterocycles. The number of methoxy groups -OCH3 is 1. The van der Waals surface area contributed by atoms with Crippen LogP contribution < -0.4 is 20.3 Å². The number of amides is 1. The van der Waals surface area contributed by atoms with Crippen molar-refractivity contribution in [2.75, 3.05) is 13.7 Å². The summed E-state index contributed by atoms with van der Waals surface area (Å²) in [7, 11) is 1.63. The van der Waals surface area contributed by atoms with E-state index in [4.69, 9.17) is 9.47 Å². The van der Waals surface area contributed by atoms with Gasteiger partial charge in [0.05, 0.1) is 23.7 Å². The lowest BCUT2D eigenvalue weighted by Gasteiger charge is -2.15. The number of ether oxygens (including phenoxy) is 2. The van der Waals surface area contributed by atoms with Gasteiger partial charge < -0.3 is 14.8 Å². The summed E-state index contributed by atoms with van der Waals surface area (Å²) in [5, 5.41) is 6.21. The quantitative estimate of drug-likeness (QED) is 0.327. The number of fused-ring (bicyclic) bond motifs is 5. The molecule has 7 nitrogen and oxygen atoms in total. The van der Waals surface area contributed by atoms with E-state index in [0.29, 0.717) is 24.1 Å². The molecule has 0 aliphatic carbocycles. The molecule has 0 saturated carbocycles. The van der Waals surface area contributed by atoms with Crippen LogP contribution in [-0.2, 0) is 11.2 Å². The van der Waals surface area contributed by atoms with Gasteiger partial charge in [-0.25, -0.2) is 0 Å². The van der Waals surface area contributed by atoms with E-state index in [2.05, 4.69) is 10.3 Å². The molecule has 3 aromatic carbocycles. The first-order valence-corrected chi connectivity index (χ1v) is 12.2. The molecule has 3 aromatic heterocycles. The minimum absolute atomic E-state index is 0.0747. The molecule has 3 heterocycles. The highest BCUT2D eigenvalue weighted by molar-refractivity contribution is 6.18. The van der Waals surface area contributed by atoms with E-state index in [1.165, 1.54) is 0 Å². The third-order valence-electron chi connectivity index (χ3n) is 6.82. The van der Waals surface area contributed by atoms with Gasteiger partial charge in [0.25, 0.3) is 11.5 Å². The fraction of sp³-hybridized carbons (Fsp3) is 0.167. The minimum atomic E-state index is -0.680. The molecule has 0 fully saturated rings. The van der Waals surface area contributed by atoms with Crippen LogP contribution in [0.4, 0.5) is 0 Å². The van der Waals surface area contributed by atoms with E-state index in [1.54, 1.807) is 30.7 Å². The van der Waals surface area contributed by atoms with Gasteiger partial charge in [0.15, 0.2) is 6.10 Å². The Labute approximate surface area is 212 Å². The number of carbonyl (C=O) groups is 1. The molecule has 184 valence electrons. The van der Waals surface area contributed by atoms with Gasteiger partial charge >= 0.3 is 0 Å². The molecular formula is C30H25N3O4. The number of hydrogen-bond acceptors (Lipinski definition) is 5. The smallest absolute Gasteiger partial charge is 0.263 e. The van der Waals surface area contributed by atoms with Crippen molar-refractivity contribution in [3.05, 3.63) is 94.9 Å². The van der Waals surface area contributed by atoms with Gasteiger partial charge in [-0.15, -0.1) is 0 Å². The van der Waals surface area contributed by atoms with E-state index >= 15 is 0 Å². The Morgan fingerprint density at radius 2 is 1.70 bits per heavy atom. The second kappa shape index (κ2) is 9.09. The number of pyridine rings is 2. The van der Waals surface area contributed by atoms with Crippen LogP contribution in [-0.4, -0.2) is 35.1 Å². The van der Waals surface area contributed by atoms with E-state index in [1.807, 2.05) is 66.7 Å². The summed E-state index contributed by atoms with van der Waals surface area (Å²) in [4.78, 5) is 30.7. The zero-order chi connectivity index (χ0) is 25.5. The number of rotatable bonds is 7. The molecule has 0 aliphatic rings. The number of nitrogens with zero attached hydrogens (tertiary/aromatic N) is 2. The molecule has 1 atom stereocenters. The molecule has 6 aromatic rings. The maximum atomic E-state index is 13.4. The van der Waals surface area contributed by atoms with Gasteiger partial charge in [0, 0.05) is 34.3 Å². The zero-order valence-electron chi connectivity index (χ0n) is 20.5. The molecule has 1 N–H and O–H groups in total. The number of hydrogen-bond donors (Lipinski definition) is 1. The number of nitrogens with one attached hydrogen (secondary N) is 1. The number of benzene rings is 3. The van der Waals surface area contributed by atoms with Gasteiger partial charge in [-0.2, -0.15) is 0 Å². The Hall–Kier alpha value is -4.65. The highest BCUT2D eigenvalue weighted by Gasteiger charge is 2.19. The van der Waals surface area contributed by atoms with E-state index < -0.39 is 6.10 Å². The van der Waals surface area contributed by atoms with Crippen molar-refractivity contribution in [3.8, 4) is 11.5 Å². The molecule has 37 heavy (non-hydrogen) atoms. The molecule has 1 unspecified atom stereocenters. The van der Waals surface area contributed by atoms with Gasteiger partial charge in [0.1, 0.15) is 11.5 Å². The molecule has 6 rings (SSSR count). The number of carbonyl (C=O) groups excluding carboxylic acids is 1. The Bertz CT molecular complexity index is 1830. The third-order valence-corrected chi connectivity index (χ3v) is 6.82. The van der Waals surface area contributed by atoms with Gasteiger partial charge in [-0.1, -0.05) is 30.3 Å². The van der Waals surface area contributed by atoms with Crippen LogP contribution in [0.1, 0.15) is 12.5 Å². The van der Waals surface area contributed by atoms with Gasteiger partial charge in [0.2, 0.25) is 0 Å². The fourth-order valence-corrected chi connectivity index (χ4v) is 4.95. The maximum absolute atomic E-state index is 13.4. The van der Waals surface area contributed by atoms with Crippen LogP contribution in [0.3, 0.4) is 0 Å². The number of aromatic nitrogens is 2. The van der Waals surface area contributed by atoms with Crippen LogP contribution >= 0.6 is 0 Å². The van der Waals surface area contributed by atoms with Crippen molar-refractivity contribution < 1.29 is 14.3 Å². The normalized spacial score (nSPS) is 12.4. The van der Waals surface area contributed by atoms with Crippen LogP contribution in [0.5, 0.6) is 11.5 Å². The first kappa shape index (κ1) is 22.8. The van der Waals surface area contributed by atoms with Crippen molar-refractivity contribution >= 4 is 44.0 Å². The van der Waals surface area contributed by atoms with E-state index in [0.717, 1.165) is 44.0 Å². The molecule has 0 spiro atoms. The summed E-state index contributed by atoms with van der Waals surface area (Å²) in [6.45, 7) is 2.23. The summed E-state index contributed by atoms with van der Waals surface area (Å²) in [6.07, 6.45) is 1.79. The monoisotopic (exact) mass is 491 g/mol. The van der Waals surface area contributed by atoms with Crippen molar-refractivity contribution in [1.29, 1.82) is 0 Å². The van der Waals surface area contributed by atoms with E-state index in [-0.39, 0.29) is 11.5 Å². The predicted octanol–water partition coefficient (Wildman–Crippen LogP) is 4.73. The first-order valence-electron chi connectivity index (χ1n) is 12.2. The minimum Gasteiger partial charge on any atom is -0.497 e. The average molecular weight is 492 g/mol. The average Bonchev–Trinajstić information content (AvgIpc) is 3.26. The van der Waals surface area contributed by atoms with Crippen LogP contribution in [0.25, 0.3) is 38.1 Å². The summed E-state index contributed by atoms with van der Waals surface area (Å²) in [5.74, 6) is 1.18. The Morgan fingerprint density at radius 1 is 0.946 bits per heavy atom. The van der Waals surface area contributed by atoms with Crippen LogP contribution in [0.15, 0.2) is 83.8 Å². The molecule has 0 radical (unpaired) electrons. The second-order valence-electron chi connectivity index (χ2n) is 9.07. The van der Waals surface area contributed by atoms with Crippen LogP contribution in [0.2, 0.25) is 0 Å². The molecule has 1 amide bonds. The SMILES string of the molecule is COc1ccc(CCNC(=O)C(C)Oc2ccc3c(c2)c2ccnc4c5ccccc5c(=O)n3c24)cc1. The Morgan fingerprint density at radius 3 is 2.49 bits per heavy atom. The first-order chi connectivity index (χ1) is 18.0. The zero-order valence-corrected chi connectivity index (χ0v) is 20.5. The van der Waals surface area contributed by atoms with E-state index in [9.17, 15) is 9.59 Å². The Kier molecular flexibility index (Phi) is 5.60. The van der Waals surface area contributed by atoms with Crippen molar-refractivity contribution in [2.24, 2.45) is 0 Å². The standard InChI is InChI=1S/C30H25N3O4/c1-18(29(34)32-15-13-19-7-9-20(36-2)10-8-19)37-21-11-12-26-25(17-21)23-14-16-31-27-22-5-3-4-6-24(22)30(35)33(26)28(23)27/h3-12,14,16-18H,13,15H2,1-2H3,(H,32,34). The highest BCUT2D eigenvalue weighted by atomic mass is 16.5. The lowest BCUT2D eigenvalue weighted by molar-refractivity contribution is -0.127. The predicted molar refractivity (Wildman–Crippen MR) is 145 cm³/mol. The largest absolute Gasteiger partial charge is 0.497 e. The molecular weight excluding hydrogens is 466 g/mol. The van der Waals surface area contributed by atoms with Crippen molar-refractivity contribution in [2.45, 2.75) is 19.4 Å². The fourth-order valence-electron chi connectivity index (χ4n) is 4.95. The summed E-state index contributed by atoms with van der Waals surface area (Å²) < 4.78 is 12.9.